The van der Waals surface area contributed by atoms with Crippen LogP contribution in [0.5, 0.6) is 11.5 Å². The van der Waals surface area contributed by atoms with Gasteiger partial charge in [0.1, 0.15) is 34.8 Å². The molecule has 4 aromatic carbocycles. The molecule has 0 N–H and O–H groups in total. The van der Waals surface area contributed by atoms with E-state index >= 15 is 0 Å². The molecule has 0 aliphatic rings. The summed E-state index contributed by atoms with van der Waals surface area (Å²) in [5.41, 5.74) is -1.71. The van der Waals surface area contributed by atoms with Gasteiger partial charge in [-0.2, -0.15) is 0 Å². The van der Waals surface area contributed by atoms with Crippen LogP contribution in [0.15, 0.2) is 48.5 Å². The largest absolute Gasteiger partial charge is 0.493 e. The average Bonchev–Trinajstić information content (AvgIpc) is 3.19. The lowest BCUT2D eigenvalue weighted by atomic mass is 9.90. The van der Waals surface area contributed by atoms with Crippen molar-refractivity contribution in [1.82, 2.24) is 0 Å². The van der Waals surface area contributed by atoms with Gasteiger partial charge in [-0.1, -0.05) is 120 Å². The van der Waals surface area contributed by atoms with Crippen molar-refractivity contribution in [2.75, 3.05) is 13.2 Å². The first-order valence-electron chi connectivity index (χ1n) is 20.4. The Labute approximate surface area is 345 Å². The second-order valence-corrected chi connectivity index (χ2v) is 14.7. The monoisotopic (exact) mass is 846 g/mol. The highest BCUT2D eigenvalue weighted by molar-refractivity contribution is 5.47. The van der Waals surface area contributed by atoms with Crippen LogP contribution in [-0.4, -0.2) is 13.2 Å². The Hall–Kier alpha value is -5.10. The van der Waals surface area contributed by atoms with Crippen LogP contribution in [-0.2, 0) is 0 Å². The third-order valence-corrected chi connectivity index (χ3v) is 9.91. The van der Waals surface area contributed by atoms with Crippen molar-refractivity contribution in [3.63, 3.8) is 0 Å². The van der Waals surface area contributed by atoms with E-state index in [1.807, 2.05) is 0 Å². The summed E-state index contributed by atoms with van der Waals surface area (Å²) in [7, 11) is 0. The summed E-state index contributed by atoms with van der Waals surface area (Å²) in [6.45, 7) is 2.79. The normalized spacial score (nSPS) is 11.0. The minimum Gasteiger partial charge on any atom is -0.493 e. The lowest BCUT2D eigenvalue weighted by Gasteiger charge is -2.16. The van der Waals surface area contributed by atoms with Crippen molar-refractivity contribution in [1.29, 1.82) is 0 Å². The summed E-state index contributed by atoms with van der Waals surface area (Å²) < 4.78 is 149. The highest BCUT2D eigenvalue weighted by Crippen LogP contribution is 2.25. The number of halogens is 10. The molecule has 0 radical (unpaired) electrons. The Morgan fingerprint density at radius 2 is 0.700 bits per heavy atom. The zero-order valence-corrected chi connectivity index (χ0v) is 33.5. The molecule has 0 amide bonds. The number of hydrogen-bond donors (Lipinski definition) is 0. The molecule has 0 heterocycles. The van der Waals surface area contributed by atoms with Gasteiger partial charge < -0.3 is 9.47 Å². The molecule has 0 aromatic heterocycles. The first-order valence-corrected chi connectivity index (χ1v) is 20.4. The lowest BCUT2D eigenvalue weighted by molar-refractivity contribution is 0.300. The van der Waals surface area contributed by atoms with Gasteiger partial charge in [-0.15, -0.1) is 0 Å². The van der Waals surface area contributed by atoms with Crippen molar-refractivity contribution in [2.24, 2.45) is 5.92 Å². The van der Waals surface area contributed by atoms with Gasteiger partial charge in [0.15, 0.2) is 34.9 Å². The standard InChI is InChI=1S/C48H48F10O2/c1-2-15-32(16-11-7-3-5-9-13-22-59-35-28-39(49)37(40(50)29-35)20-18-33-24-43(53)47(57)44(54)25-33)17-12-8-4-6-10-14-23-60-36-30-41(51)38(42(52)31-36)21-19-34-26-45(55)48(58)46(56)27-34/h24-32H,2-17,22-23H2,1H3. The summed E-state index contributed by atoms with van der Waals surface area (Å²) in [6, 6.07) is 6.57. The minimum absolute atomic E-state index is 0.0112. The van der Waals surface area contributed by atoms with Crippen LogP contribution >= 0.6 is 0 Å². The zero-order valence-electron chi connectivity index (χ0n) is 33.5. The van der Waals surface area contributed by atoms with E-state index in [-0.39, 0.29) is 22.6 Å². The molecule has 0 unspecified atom stereocenters. The SMILES string of the molecule is CCCC(CCCCCCCCOc1cc(F)c(C#Cc2cc(F)c(F)c(F)c2)c(F)c1)CCCCCCCCOc1cc(F)c(C#Cc2cc(F)c(F)c(F)c2)c(F)c1. The van der Waals surface area contributed by atoms with Crippen LogP contribution in [0.1, 0.15) is 132 Å². The minimum atomic E-state index is -1.65. The molecule has 322 valence electrons. The highest BCUT2D eigenvalue weighted by Gasteiger charge is 2.14. The van der Waals surface area contributed by atoms with Gasteiger partial charge in [0.05, 0.1) is 24.3 Å². The quantitative estimate of drug-likeness (QED) is 0.0340. The van der Waals surface area contributed by atoms with Crippen LogP contribution in [0.2, 0.25) is 0 Å². The van der Waals surface area contributed by atoms with Crippen molar-refractivity contribution >= 4 is 0 Å². The highest BCUT2D eigenvalue weighted by atomic mass is 19.2. The van der Waals surface area contributed by atoms with Crippen molar-refractivity contribution in [3.05, 3.63) is 129 Å². The molecular weight excluding hydrogens is 799 g/mol. The molecule has 0 fully saturated rings. The predicted molar refractivity (Wildman–Crippen MR) is 211 cm³/mol. The topological polar surface area (TPSA) is 18.5 Å². The fourth-order valence-corrected chi connectivity index (χ4v) is 6.74. The van der Waals surface area contributed by atoms with Crippen LogP contribution in [0.3, 0.4) is 0 Å². The van der Waals surface area contributed by atoms with E-state index in [4.69, 9.17) is 9.47 Å². The van der Waals surface area contributed by atoms with Crippen LogP contribution in [0, 0.1) is 87.8 Å². The Morgan fingerprint density at radius 3 is 1.03 bits per heavy atom. The number of ether oxygens (including phenoxy) is 2. The van der Waals surface area contributed by atoms with E-state index in [0.717, 1.165) is 94.9 Å². The van der Waals surface area contributed by atoms with E-state index in [1.165, 1.54) is 32.1 Å². The molecule has 0 saturated carbocycles. The molecule has 0 aliphatic carbocycles. The fourth-order valence-electron chi connectivity index (χ4n) is 6.74. The average molecular weight is 847 g/mol. The molecular formula is C48H48F10O2. The summed E-state index contributed by atoms with van der Waals surface area (Å²) >= 11 is 0. The van der Waals surface area contributed by atoms with Crippen LogP contribution in [0.25, 0.3) is 0 Å². The van der Waals surface area contributed by atoms with E-state index in [1.54, 1.807) is 0 Å². The Balaban J connectivity index is 1.02. The second-order valence-electron chi connectivity index (χ2n) is 14.7. The van der Waals surface area contributed by atoms with Crippen molar-refractivity contribution in [2.45, 2.75) is 110 Å². The number of benzene rings is 4. The predicted octanol–water partition coefficient (Wildman–Crippen LogP) is 14.2. The van der Waals surface area contributed by atoms with Gasteiger partial charge >= 0.3 is 0 Å². The third-order valence-electron chi connectivity index (χ3n) is 9.91. The maximum atomic E-state index is 14.5. The summed E-state index contributed by atoms with van der Waals surface area (Å²) in [4.78, 5) is 0. The van der Waals surface area contributed by atoms with E-state index in [9.17, 15) is 43.9 Å². The van der Waals surface area contributed by atoms with Crippen LogP contribution < -0.4 is 9.47 Å². The van der Waals surface area contributed by atoms with E-state index < -0.39 is 69.3 Å². The molecule has 4 aromatic rings. The van der Waals surface area contributed by atoms with Gasteiger partial charge in [0, 0.05) is 35.4 Å². The number of hydrogen-bond acceptors (Lipinski definition) is 2. The van der Waals surface area contributed by atoms with Gasteiger partial charge in [0.25, 0.3) is 0 Å². The maximum absolute atomic E-state index is 14.5. The third kappa shape index (κ3) is 15.5. The lowest BCUT2D eigenvalue weighted by Crippen LogP contribution is -2.01. The Morgan fingerprint density at radius 1 is 0.383 bits per heavy atom. The maximum Gasteiger partial charge on any atom is 0.194 e. The molecule has 2 nitrogen and oxygen atoms in total. The molecule has 0 atom stereocenters. The molecule has 12 heteroatoms. The molecule has 4 rings (SSSR count). The zero-order chi connectivity index (χ0) is 43.4. The molecule has 60 heavy (non-hydrogen) atoms. The fraction of sp³-hybridized carbons (Fsp3) is 0.417. The van der Waals surface area contributed by atoms with E-state index in [2.05, 4.69) is 30.6 Å². The summed E-state index contributed by atoms with van der Waals surface area (Å²) in [6.07, 6.45) is 16.9. The Kier molecular flexibility index (Phi) is 19.7. The van der Waals surface area contributed by atoms with Crippen molar-refractivity contribution in [3.8, 4) is 35.2 Å². The van der Waals surface area contributed by atoms with Crippen LogP contribution in [0.4, 0.5) is 43.9 Å². The molecule has 0 bridgehead atoms. The molecule has 0 saturated heterocycles. The first kappa shape index (κ1) is 47.6. The van der Waals surface area contributed by atoms with Gasteiger partial charge in [0.2, 0.25) is 0 Å². The van der Waals surface area contributed by atoms with Crippen molar-refractivity contribution < 1.29 is 53.4 Å². The van der Waals surface area contributed by atoms with E-state index in [0.29, 0.717) is 43.4 Å². The molecule has 0 aliphatic heterocycles. The summed E-state index contributed by atoms with van der Waals surface area (Å²) in [5.74, 6) is -3.43. The van der Waals surface area contributed by atoms with Gasteiger partial charge in [-0.3, -0.25) is 0 Å². The molecule has 0 spiro atoms. The first-order chi connectivity index (χ1) is 28.9. The van der Waals surface area contributed by atoms with Gasteiger partial charge in [-0.05, 0) is 43.0 Å². The van der Waals surface area contributed by atoms with Gasteiger partial charge in [-0.25, -0.2) is 43.9 Å². The Bertz CT molecular complexity index is 1910. The summed E-state index contributed by atoms with van der Waals surface area (Å²) in [5, 5.41) is 0. The number of rotatable bonds is 22. The smallest absolute Gasteiger partial charge is 0.194 e. The number of unbranched alkanes of at least 4 members (excludes halogenated alkanes) is 10. The second kappa shape index (κ2) is 24.9.